The molecule has 6 heteroatoms. The molecule has 0 aromatic carbocycles. The zero-order valence-corrected chi connectivity index (χ0v) is 13.8. The fourth-order valence-corrected chi connectivity index (χ4v) is 2.73. The van der Waals surface area contributed by atoms with E-state index in [1.165, 1.54) is 18.6 Å². The van der Waals surface area contributed by atoms with Gasteiger partial charge in [-0.2, -0.15) is 0 Å². The van der Waals surface area contributed by atoms with Gasteiger partial charge in [-0.3, -0.25) is 14.6 Å². The largest absolute Gasteiger partial charge is 0.325 e. The number of hydrogen-bond donors (Lipinski definition) is 1. The second-order valence-corrected chi connectivity index (χ2v) is 6.71. The van der Waals surface area contributed by atoms with Gasteiger partial charge in [0.1, 0.15) is 5.69 Å². The van der Waals surface area contributed by atoms with Crippen LogP contribution in [0.2, 0.25) is 0 Å². The zero-order chi connectivity index (χ0) is 17.3. The average Bonchev–Trinajstić information content (AvgIpc) is 2.53. The predicted molar refractivity (Wildman–Crippen MR) is 90.2 cm³/mol. The number of nitrogens with one attached hydrogen (secondary N) is 1. The van der Waals surface area contributed by atoms with Gasteiger partial charge < -0.3 is 5.32 Å². The van der Waals surface area contributed by atoms with Crippen LogP contribution in [0.25, 0.3) is 0 Å². The molecule has 3 rings (SSSR count). The van der Waals surface area contributed by atoms with Crippen LogP contribution in [0.1, 0.15) is 31.3 Å². The standard InChI is InChI=1S/C18H18N4O2/c1-18(2,3)13-9-16(23)22-14-8-11(4-5-12(13)14)21-17(24)15-10-19-6-7-20-15/h4-10,12H,1-3H3,(H,22,23). The van der Waals surface area contributed by atoms with Crippen LogP contribution in [0.3, 0.4) is 0 Å². The number of allylic oxidation sites excluding steroid dienone is 3. The fourth-order valence-electron chi connectivity index (χ4n) is 2.73. The lowest BCUT2D eigenvalue weighted by molar-refractivity contribution is -0.116. The number of fused-ring (bicyclic) bond motifs is 1. The third-order valence-electron chi connectivity index (χ3n) is 3.87. The minimum Gasteiger partial charge on any atom is -0.325 e. The van der Waals surface area contributed by atoms with E-state index in [4.69, 9.17) is 0 Å². The van der Waals surface area contributed by atoms with Crippen molar-refractivity contribution in [1.29, 1.82) is 0 Å². The molecule has 0 fully saturated rings. The van der Waals surface area contributed by atoms with Gasteiger partial charge in [0.15, 0.2) is 0 Å². The second kappa shape index (κ2) is 5.96. The molecule has 122 valence electrons. The minimum absolute atomic E-state index is 0.00623. The molecule has 1 aromatic rings. The van der Waals surface area contributed by atoms with Crippen molar-refractivity contribution < 1.29 is 9.59 Å². The number of nitrogens with zero attached hydrogens (tertiary/aromatic N) is 3. The van der Waals surface area contributed by atoms with Crippen molar-refractivity contribution in [3.8, 4) is 0 Å². The van der Waals surface area contributed by atoms with Gasteiger partial charge in [0.05, 0.1) is 11.9 Å². The molecule has 2 aliphatic rings. The first-order valence-corrected chi connectivity index (χ1v) is 7.66. The van der Waals surface area contributed by atoms with Gasteiger partial charge >= 0.3 is 0 Å². The highest BCUT2D eigenvalue weighted by atomic mass is 16.2. The van der Waals surface area contributed by atoms with Crippen LogP contribution in [0.5, 0.6) is 0 Å². The fraction of sp³-hybridized carbons (Fsp3) is 0.278. The average molecular weight is 322 g/mol. The number of aromatic nitrogens is 2. The summed E-state index contributed by atoms with van der Waals surface area (Å²) < 4.78 is 0. The van der Waals surface area contributed by atoms with Gasteiger partial charge in [-0.05, 0) is 23.1 Å². The summed E-state index contributed by atoms with van der Waals surface area (Å²) in [6, 6.07) is 0. The van der Waals surface area contributed by atoms with Crippen molar-refractivity contribution in [1.82, 2.24) is 15.3 Å². The Labute approximate surface area is 140 Å². The van der Waals surface area contributed by atoms with E-state index in [1.807, 2.05) is 6.08 Å². The van der Waals surface area contributed by atoms with Crippen LogP contribution in [-0.2, 0) is 4.79 Å². The van der Waals surface area contributed by atoms with Gasteiger partial charge in [-0.15, -0.1) is 0 Å². The van der Waals surface area contributed by atoms with Gasteiger partial charge in [0, 0.05) is 30.1 Å². The number of carbonyl (C=O) groups is 2. The zero-order valence-electron chi connectivity index (χ0n) is 13.8. The number of aliphatic imine (C=N–C) groups is 1. The molecule has 0 spiro atoms. The molecule has 6 nitrogen and oxygen atoms in total. The Bertz CT molecular complexity index is 811. The second-order valence-electron chi connectivity index (χ2n) is 6.71. The van der Waals surface area contributed by atoms with Crippen molar-refractivity contribution in [2.45, 2.75) is 20.8 Å². The number of rotatable bonds is 1. The van der Waals surface area contributed by atoms with Crippen molar-refractivity contribution in [3.05, 3.63) is 59.9 Å². The molecular weight excluding hydrogens is 304 g/mol. The van der Waals surface area contributed by atoms with Gasteiger partial charge in [0.2, 0.25) is 5.91 Å². The van der Waals surface area contributed by atoms with E-state index in [-0.39, 0.29) is 22.9 Å². The Hall–Kier alpha value is -2.89. The van der Waals surface area contributed by atoms with Crippen LogP contribution in [0.15, 0.2) is 59.2 Å². The lowest BCUT2D eigenvalue weighted by Crippen LogP contribution is -2.36. The van der Waals surface area contributed by atoms with E-state index < -0.39 is 5.91 Å². The molecule has 1 atom stereocenters. The monoisotopic (exact) mass is 322 g/mol. The van der Waals surface area contributed by atoms with Crippen LogP contribution < -0.4 is 5.32 Å². The number of hydrogen-bond acceptors (Lipinski definition) is 4. The molecule has 0 saturated carbocycles. The summed E-state index contributed by atoms with van der Waals surface area (Å²) in [5.41, 5.74) is 2.30. The minimum atomic E-state index is -0.466. The summed E-state index contributed by atoms with van der Waals surface area (Å²) in [6.45, 7) is 6.22. The quantitative estimate of drug-likeness (QED) is 0.859. The Morgan fingerprint density at radius 1 is 1.25 bits per heavy atom. The molecule has 24 heavy (non-hydrogen) atoms. The van der Waals surface area contributed by atoms with E-state index in [0.717, 1.165) is 11.3 Å². The maximum Gasteiger partial charge on any atom is 0.297 e. The van der Waals surface area contributed by atoms with Crippen LogP contribution in [0.4, 0.5) is 0 Å². The van der Waals surface area contributed by atoms with Gasteiger partial charge in [0.25, 0.3) is 5.91 Å². The molecule has 1 N–H and O–H groups in total. The third kappa shape index (κ3) is 3.22. The molecule has 1 aromatic heterocycles. The summed E-state index contributed by atoms with van der Waals surface area (Å²) in [6.07, 6.45) is 11.4. The molecule has 1 aliphatic heterocycles. The first kappa shape index (κ1) is 16.0. The van der Waals surface area contributed by atoms with Crippen LogP contribution >= 0.6 is 0 Å². The van der Waals surface area contributed by atoms with Crippen LogP contribution in [0, 0.1) is 11.3 Å². The van der Waals surface area contributed by atoms with Gasteiger partial charge in [-0.25, -0.2) is 9.98 Å². The number of amides is 2. The molecular formula is C18H18N4O2. The maximum absolute atomic E-state index is 12.1. The Balaban J connectivity index is 1.90. The maximum atomic E-state index is 12.1. The predicted octanol–water partition coefficient (Wildman–Crippen LogP) is 2.23. The van der Waals surface area contributed by atoms with Crippen molar-refractivity contribution in [3.63, 3.8) is 0 Å². The summed E-state index contributed by atoms with van der Waals surface area (Å²) in [5.74, 6) is -0.627. The van der Waals surface area contributed by atoms with E-state index >= 15 is 0 Å². The molecule has 0 saturated heterocycles. The highest BCUT2D eigenvalue weighted by molar-refractivity contribution is 6.13. The third-order valence-corrected chi connectivity index (χ3v) is 3.87. The first-order chi connectivity index (χ1) is 11.3. The summed E-state index contributed by atoms with van der Waals surface area (Å²) >= 11 is 0. The summed E-state index contributed by atoms with van der Waals surface area (Å²) in [5, 5.41) is 2.84. The Kier molecular flexibility index (Phi) is 3.97. The molecule has 0 bridgehead atoms. The smallest absolute Gasteiger partial charge is 0.297 e. The summed E-state index contributed by atoms with van der Waals surface area (Å²) in [7, 11) is 0. The normalized spacial score (nSPS) is 21.7. The van der Waals surface area contributed by atoms with E-state index in [2.05, 4.69) is 41.0 Å². The van der Waals surface area contributed by atoms with Crippen molar-refractivity contribution in [2.24, 2.45) is 16.3 Å². The van der Waals surface area contributed by atoms with E-state index in [9.17, 15) is 9.59 Å². The van der Waals surface area contributed by atoms with Crippen LogP contribution in [-0.4, -0.2) is 27.5 Å². The Morgan fingerprint density at radius 3 is 2.71 bits per heavy atom. The molecule has 1 aliphatic carbocycles. The van der Waals surface area contributed by atoms with Crippen molar-refractivity contribution >= 4 is 17.5 Å². The highest BCUT2D eigenvalue weighted by Gasteiger charge is 2.32. The Morgan fingerprint density at radius 2 is 2.04 bits per heavy atom. The van der Waals surface area contributed by atoms with Crippen molar-refractivity contribution in [2.75, 3.05) is 0 Å². The highest BCUT2D eigenvalue weighted by Crippen LogP contribution is 2.38. The molecule has 2 amide bonds. The lowest BCUT2D eigenvalue weighted by atomic mass is 9.74. The topological polar surface area (TPSA) is 84.3 Å². The van der Waals surface area contributed by atoms with E-state index in [1.54, 1.807) is 18.2 Å². The van der Waals surface area contributed by atoms with E-state index in [0.29, 0.717) is 5.71 Å². The molecule has 2 heterocycles. The SMILES string of the molecule is CC(C)(C)C1=CC(=O)NC2=CC(=NC(=O)c3cnccn3)C=CC21. The number of carbonyl (C=O) groups excluding carboxylic acids is 2. The lowest BCUT2D eigenvalue weighted by Gasteiger charge is -2.34. The molecule has 0 radical (unpaired) electrons. The molecule has 1 unspecified atom stereocenters. The van der Waals surface area contributed by atoms with Gasteiger partial charge in [-0.1, -0.05) is 26.8 Å². The summed E-state index contributed by atoms with van der Waals surface area (Å²) in [4.78, 5) is 35.9. The first-order valence-electron chi connectivity index (χ1n) is 7.66.